The van der Waals surface area contributed by atoms with E-state index in [9.17, 15) is 4.39 Å². The monoisotopic (exact) mass is 277 g/mol. The van der Waals surface area contributed by atoms with Crippen LogP contribution in [0.4, 0.5) is 4.39 Å². The third kappa shape index (κ3) is 4.37. The molecule has 2 rings (SSSR count). The van der Waals surface area contributed by atoms with Crippen molar-refractivity contribution in [3.05, 3.63) is 58.0 Å². The van der Waals surface area contributed by atoms with E-state index in [1.807, 2.05) is 11.4 Å². The third-order valence-corrected chi connectivity index (χ3v) is 3.48. The van der Waals surface area contributed by atoms with Gasteiger partial charge in [0.15, 0.2) is 5.96 Å². The highest BCUT2D eigenvalue weighted by atomic mass is 32.1. The molecule has 0 fully saturated rings. The molecule has 1 heterocycles. The Labute approximate surface area is 116 Å². The summed E-state index contributed by atoms with van der Waals surface area (Å²) in [5, 5.41) is 8.46. The molecule has 5 heteroatoms. The summed E-state index contributed by atoms with van der Waals surface area (Å²) in [4.78, 5) is 5.40. The molecule has 0 radical (unpaired) electrons. The van der Waals surface area contributed by atoms with E-state index in [1.165, 1.54) is 17.0 Å². The number of benzene rings is 1. The maximum absolute atomic E-state index is 12.8. The standard InChI is InChI=1S/C14H16FN3S/c1-16-14(18-10-13-3-2-8-19-13)17-9-11-4-6-12(15)7-5-11/h2-8H,9-10H2,1H3,(H2,16,17,18). The Kier molecular flexibility index (Phi) is 4.92. The first-order valence-corrected chi connectivity index (χ1v) is 6.87. The van der Waals surface area contributed by atoms with Crippen LogP contribution >= 0.6 is 11.3 Å². The topological polar surface area (TPSA) is 36.4 Å². The fraction of sp³-hybridized carbons (Fsp3) is 0.214. The van der Waals surface area contributed by atoms with Gasteiger partial charge in [-0.3, -0.25) is 4.99 Å². The number of nitrogens with zero attached hydrogens (tertiary/aromatic N) is 1. The molecule has 0 unspecified atom stereocenters. The molecule has 2 aromatic rings. The largest absolute Gasteiger partial charge is 0.352 e. The molecule has 2 N–H and O–H groups in total. The van der Waals surface area contributed by atoms with Crippen molar-refractivity contribution in [2.75, 3.05) is 7.05 Å². The number of hydrogen-bond acceptors (Lipinski definition) is 2. The highest BCUT2D eigenvalue weighted by Gasteiger charge is 1.99. The molecule has 0 aliphatic rings. The van der Waals surface area contributed by atoms with E-state index in [2.05, 4.69) is 21.7 Å². The van der Waals surface area contributed by atoms with Gasteiger partial charge in [0.25, 0.3) is 0 Å². The van der Waals surface area contributed by atoms with E-state index < -0.39 is 0 Å². The summed E-state index contributed by atoms with van der Waals surface area (Å²) in [6.07, 6.45) is 0. The zero-order valence-corrected chi connectivity index (χ0v) is 11.5. The number of aliphatic imine (C=N–C) groups is 1. The van der Waals surface area contributed by atoms with Crippen LogP contribution in [0.3, 0.4) is 0 Å². The summed E-state index contributed by atoms with van der Waals surface area (Å²) >= 11 is 1.70. The molecule has 19 heavy (non-hydrogen) atoms. The Morgan fingerprint density at radius 2 is 1.89 bits per heavy atom. The van der Waals surface area contributed by atoms with Crippen LogP contribution in [0.1, 0.15) is 10.4 Å². The fourth-order valence-corrected chi connectivity index (χ4v) is 2.24. The van der Waals surface area contributed by atoms with Crippen molar-refractivity contribution in [3.8, 4) is 0 Å². The van der Waals surface area contributed by atoms with Crippen LogP contribution in [0, 0.1) is 5.82 Å². The Balaban J connectivity index is 1.81. The van der Waals surface area contributed by atoms with Gasteiger partial charge in [-0.1, -0.05) is 18.2 Å². The van der Waals surface area contributed by atoms with E-state index in [1.54, 1.807) is 30.5 Å². The minimum atomic E-state index is -0.219. The maximum Gasteiger partial charge on any atom is 0.191 e. The molecule has 0 atom stereocenters. The lowest BCUT2D eigenvalue weighted by atomic mass is 10.2. The lowest BCUT2D eigenvalue weighted by Crippen LogP contribution is -2.36. The van der Waals surface area contributed by atoms with E-state index in [4.69, 9.17) is 0 Å². The second-order valence-corrected chi connectivity index (χ2v) is 5.02. The van der Waals surface area contributed by atoms with Crippen LogP contribution in [-0.4, -0.2) is 13.0 Å². The predicted molar refractivity (Wildman–Crippen MR) is 77.8 cm³/mol. The summed E-state index contributed by atoms with van der Waals surface area (Å²) in [6, 6.07) is 10.5. The number of thiophene rings is 1. The van der Waals surface area contributed by atoms with Gasteiger partial charge in [0, 0.05) is 18.5 Å². The van der Waals surface area contributed by atoms with Crippen LogP contribution < -0.4 is 10.6 Å². The first-order valence-electron chi connectivity index (χ1n) is 5.99. The number of rotatable bonds is 4. The van der Waals surface area contributed by atoms with Gasteiger partial charge in [-0.2, -0.15) is 0 Å². The van der Waals surface area contributed by atoms with Gasteiger partial charge in [-0.25, -0.2) is 4.39 Å². The first-order chi connectivity index (χ1) is 9.28. The van der Waals surface area contributed by atoms with E-state index in [-0.39, 0.29) is 5.82 Å². The molecule has 0 aliphatic heterocycles. The quantitative estimate of drug-likeness (QED) is 0.666. The van der Waals surface area contributed by atoms with Crippen molar-refractivity contribution < 1.29 is 4.39 Å². The molecule has 3 nitrogen and oxygen atoms in total. The van der Waals surface area contributed by atoms with Gasteiger partial charge < -0.3 is 10.6 Å². The van der Waals surface area contributed by atoms with Crippen LogP contribution in [0.2, 0.25) is 0 Å². The smallest absolute Gasteiger partial charge is 0.191 e. The predicted octanol–water partition coefficient (Wildman–Crippen LogP) is 2.75. The molecule has 0 aliphatic carbocycles. The summed E-state index contributed by atoms with van der Waals surface area (Å²) in [5.41, 5.74) is 1.01. The zero-order chi connectivity index (χ0) is 13.5. The second kappa shape index (κ2) is 6.89. The highest BCUT2D eigenvalue weighted by molar-refractivity contribution is 7.09. The van der Waals surface area contributed by atoms with Crippen LogP contribution in [0.25, 0.3) is 0 Å². The Bertz CT molecular complexity index is 520. The minimum Gasteiger partial charge on any atom is -0.352 e. The molecule has 0 saturated carbocycles. The van der Waals surface area contributed by atoms with Crippen molar-refractivity contribution in [2.45, 2.75) is 13.1 Å². The SMILES string of the molecule is CN=C(NCc1ccc(F)cc1)NCc1cccs1. The van der Waals surface area contributed by atoms with Crippen molar-refractivity contribution in [2.24, 2.45) is 4.99 Å². The lowest BCUT2D eigenvalue weighted by molar-refractivity contribution is 0.626. The van der Waals surface area contributed by atoms with Gasteiger partial charge in [0.1, 0.15) is 5.82 Å². The fourth-order valence-electron chi connectivity index (χ4n) is 1.59. The van der Waals surface area contributed by atoms with Crippen LogP contribution in [0.5, 0.6) is 0 Å². The summed E-state index contributed by atoms with van der Waals surface area (Å²) in [7, 11) is 1.73. The Morgan fingerprint density at radius 3 is 2.53 bits per heavy atom. The Hall–Kier alpha value is -1.88. The number of hydrogen-bond donors (Lipinski definition) is 2. The first kappa shape index (κ1) is 13.5. The summed E-state index contributed by atoms with van der Waals surface area (Å²) in [6.45, 7) is 1.37. The highest BCUT2D eigenvalue weighted by Crippen LogP contribution is 2.07. The molecule has 0 saturated heterocycles. The molecule has 0 amide bonds. The molecule has 1 aromatic heterocycles. The summed E-state index contributed by atoms with van der Waals surface area (Å²) in [5.74, 6) is 0.515. The van der Waals surface area contributed by atoms with Crippen molar-refractivity contribution >= 4 is 17.3 Å². The number of nitrogens with one attached hydrogen (secondary N) is 2. The van der Waals surface area contributed by atoms with Crippen LogP contribution in [-0.2, 0) is 13.1 Å². The number of halogens is 1. The molecule has 100 valence electrons. The van der Waals surface area contributed by atoms with Crippen molar-refractivity contribution in [1.29, 1.82) is 0 Å². The van der Waals surface area contributed by atoms with Gasteiger partial charge >= 0.3 is 0 Å². The van der Waals surface area contributed by atoms with Crippen LogP contribution in [0.15, 0.2) is 46.8 Å². The molecule has 0 spiro atoms. The average Bonchev–Trinajstić information content (AvgIpc) is 2.94. The van der Waals surface area contributed by atoms with Gasteiger partial charge in [-0.15, -0.1) is 11.3 Å². The molecule has 1 aromatic carbocycles. The van der Waals surface area contributed by atoms with E-state index in [0.717, 1.165) is 18.1 Å². The zero-order valence-electron chi connectivity index (χ0n) is 10.7. The van der Waals surface area contributed by atoms with E-state index in [0.29, 0.717) is 6.54 Å². The normalized spacial score (nSPS) is 11.4. The maximum atomic E-state index is 12.8. The molecular formula is C14H16FN3S. The van der Waals surface area contributed by atoms with Gasteiger partial charge in [0.05, 0.1) is 6.54 Å². The summed E-state index contributed by atoms with van der Waals surface area (Å²) < 4.78 is 12.8. The second-order valence-electron chi connectivity index (χ2n) is 3.99. The van der Waals surface area contributed by atoms with E-state index >= 15 is 0 Å². The molecule has 0 bridgehead atoms. The van der Waals surface area contributed by atoms with Gasteiger partial charge in [-0.05, 0) is 29.1 Å². The third-order valence-electron chi connectivity index (χ3n) is 2.61. The number of guanidine groups is 1. The van der Waals surface area contributed by atoms with Gasteiger partial charge in [0.2, 0.25) is 0 Å². The van der Waals surface area contributed by atoms with Crippen molar-refractivity contribution in [3.63, 3.8) is 0 Å². The lowest BCUT2D eigenvalue weighted by Gasteiger charge is -2.11. The average molecular weight is 277 g/mol. The Morgan fingerprint density at radius 1 is 1.16 bits per heavy atom. The molecular weight excluding hydrogens is 261 g/mol. The minimum absolute atomic E-state index is 0.219. The van der Waals surface area contributed by atoms with Crippen molar-refractivity contribution in [1.82, 2.24) is 10.6 Å².